The molecule has 0 aromatic heterocycles. The highest BCUT2D eigenvalue weighted by atomic mass is 16.7. The third-order valence-corrected chi connectivity index (χ3v) is 4.04. The summed E-state index contributed by atoms with van der Waals surface area (Å²) in [6.07, 6.45) is 7.55. The maximum Gasteiger partial charge on any atom is 0.163 e. The lowest BCUT2D eigenvalue weighted by molar-refractivity contribution is -0.138. The highest BCUT2D eigenvalue weighted by molar-refractivity contribution is 5.12. The lowest BCUT2D eigenvalue weighted by Gasteiger charge is -2.41. The van der Waals surface area contributed by atoms with Crippen LogP contribution in [0, 0.1) is 11.8 Å². The van der Waals surface area contributed by atoms with Crippen LogP contribution in [0.4, 0.5) is 0 Å². The molecular weight excluding hydrogens is 202 g/mol. The zero-order valence-corrected chi connectivity index (χ0v) is 10.1. The summed E-state index contributed by atoms with van der Waals surface area (Å²) in [6.45, 7) is 5.60. The van der Waals surface area contributed by atoms with Crippen molar-refractivity contribution < 1.29 is 9.47 Å². The zero-order chi connectivity index (χ0) is 11.2. The molecule has 3 aliphatic rings. The van der Waals surface area contributed by atoms with E-state index in [-0.39, 0.29) is 11.9 Å². The van der Waals surface area contributed by atoms with E-state index in [0.717, 1.165) is 25.0 Å². The van der Waals surface area contributed by atoms with Crippen molar-refractivity contribution in [3.8, 4) is 0 Å². The van der Waals surface area contributed by atoms with E-state index in [1.807, 2.05) is 13.8 Å². The Morgan fingerprint density at radius 1 is 1.44 bits per heavy atom. The quantitative estimate of drug-likeness (QED) is 0.739. The highest BCUT2D eigenvalue weighted by Gasteiger charge is 2.41. The van der Waals surface area contributed by atoms with Crippen LogP contribution in [-0.2, 0) is 9.47 Å². The number of hydrogen-bond donors (Lipinski definition) is 1. The number of rotatable bonds is 3. The summed E-state index contributed by atoms with van der Waals surface area (Å²) in [5.41, 5.74) is 0. The summed E-state index contributed by atoms with van der Waals surface area (Å²) < 4.78 is 11.3. The van der Waals surface area contributed by atoms with Crippen LogP contribution in [0.3, 0.4) is 0 Å². The van der Waals surface area contributed by atoms with Gasteiger partial charge in [-0.25, -0.2) is 0 Å². The van der Waals surface area contributed by atoms with Gasteiger partial charge in [-0.05, 0) is 38.5 Å². The first-order chi connectivity index (χ1) is 7.64. The predicted molar refractivity (Wildman–Crippen MR) is 62.0 cm³/mol. The number of ether oxygens (including phenoxy) is 2. The lowest BCUT2D eigenvalue weighted by Crippen LogP contribution is -2.50. The normalized spacial score (nSPS) is 44.4. The molecule has 2 fully saturated rings. The molecule has 3 nitrogen and oxygen atoms in total. The molecule has 0 amide bonds. The average molecular weight is 223 g/mol. The second-order valence-corrected chi connectivity index (χ2v) is 5.70. The van der Waals surface area contributed by atoms with Crippen LogP contribution in [0.1, 0.15) is 26.7 Å². The molecule has 3 heteroatoms. The predicted octanol–water partition coefficient (Wildman–Crippen LogP) is 1.69. The second kappa shape index (κ2) is 3.83. The Balaban J connectivity index is 1.43. The number of nitrogens with one attached hydrogen (secondary N) is 1. The van der Waals surface area contributed by atoms with Crippen molar-refractivity contribution in [2.24, 2.45) is 11.8 Å². The first-order valence-corrected chi connectivity index (χ1v) is 6.36. The molecule has 16 heavy (non-hydrogen) atoms. The van der Waals surface area contributed by atoms with Crippen molar-refractivity contribution >= 4 is 0 Å². The van der Waals surface area contributed by atoms with E-state index in [1.165, 1.54) is 12.8 Å². The lowest BCUT2D eigenvalue weighted by atomic mass is 9.71. The minimum atomic E-state index is -0.387. The number of allylic oxidation sites excluding steroid dienone is 1. The van der Waals surface area contributed by atoms with Gasteiger partial charge in [0, 0.05) is 12.6 Å². The van der Waals surface area contributed by atoms with E-state index in [2.05, 4.69) is 17.5 Å². The SMILES string of the molecule is CC1(C)OCC(CNC2CC3CC=CC32)O1. The van der Waals surface area contributed by atoms with E-state index in [0.29, 0.717) is 6.04 Å². The minimum absolute atomic E-state index is 0.222. The highest BCUT2D eigenvalue weighted by Crippen LogP contribution is 2.42. The van der Waals surface area contributed by atoms with Gasteiger partial charge in [0.2, 0.25) is 0 Å². The summed E-state index contributed by atoms with van der Waals surface area (Å²) in [7, 11) is 0. The van der Waals surface area contributed by atoms with Crippen molar-refractivity contribution in [2.45, 2.75) is 44.6 Å². The zero-order valence-electron chi connectivity index (χ0n) is 10.1. The molecular formula is C13H21NO2. The largest absolute Gasteiger partial charge is 0.348 e. The van der Waals surface area contributed by atoms with Gasteiger partial charge in [-0.3, -0.25) is 0 Å². The van der Waals surface area contributed by atoms with Crippen LogP contribution in [0.5, 0.6) is 0 Å². The van der Waals surface area contributed by atoms with Crippen LogP contribution < -0.4 is 5.32 Å². The van der Waals surface area contributed by atoms with E-state index < -0.39 is 0 Å². The van der Waals surface area contributed by atoms with Gasteiger partial charge in [0.15, 0.2) is 5.79 Å². The van der Waals surface area contributed by atoms with E-state index >= 15 is 0 Å². The van der Waals surface area contributed by atoms with E-state index in [4.69, 9.17) is 9.47 Å². The molecule has 2 aliphatic carbocycles. The topological polar surface area (TPSA) is 30.5 Å². The fraction of sp³-hybridized carbons (Fsp3) is 0.846. The number of fused-ring (bicyclic) bond motifs is 1. The molecule has 90 valence electrons. The maximum atomic E-state index is 5.78. The number of hydrogen-bond acceptors (Lipinski definition) is 3. The average Bonchev–Trinajstić information content (AvgIpc) is 2.71. The van der Waals surface area contributed by atoms with Gasteiger partial charge in [-0.2, -0.15) is 0 Å². The molecule has 4 atom stereocenters. The Morgan fingerprint density at radius 2 is 2.31 bits per heavy atom. The Labute approximate surface area is 97.2 Å². The molecule has 0 radical (unpaired) electrons. The Morgan fingerprint density at radius 3 is 3.00 bits per heavy atom. The van der Waals surface area contributed by atoms with Gasteiger partial charge in [-0.15, -0.1) is 0 Å². The Kier molecular flexibility index (Phi) is 2.57. The van der Waals surface area contributed by atoms with Crippen LogP contribution in [0.2, 0.25) is 0 Å². The van der Waals surface area contributed by atoms with Crippen molar-refractivity contribution in [3.05, 3.63) is 12.2 Å². The molecule has 1 aliphatic heterocycles. The summed E-state index contributed by atoms with van der Waals surface area (Å²) in [4.78, 5) is 0. The standard InChI is InChI=1S/C13H21NO2/c1-13(2)15-8-10(16-13)7-14-12-6-9-4-3-5-11(9)12/h3,5,9-12,14H,4,6-8H2,1-2H3. The molecule has 3 rings (SSSR count). The van der Waals surface area contributed by atoms with Gasteiger partial charge in [0.25, 0.3) is 0 Å². The van der Waals surface area contributed by atoms with Crippen molar-refractivity contribution in [1.82, 2.24) is 5.32 Å². The monoisotopic (exact) mass is 223 g/mol. The van der Waals surface area contributed by atoms with Crippen molar-refractivity contribution in [2.75, 3.05) is 13.2 Å². The van der Waals surface area contributed by atoms with Gasteiger partial charge >= 0.3 is 0 Å². The summed E-state index contributed by atoms with van der Waals surface area (Å²) >= 11 is 0. The molecule has 1 heterocycles. The smallest absolute Gasteiger partial charge is 0.163 e. The molecule has 1 saturated heterocycles. The molecule has 0 bridgehead atoms. The summed E-state index contributed by atoms with van der Waals surface area (Å²) in [6, 6.07) is 0.677. The van der Waals surface area contributed by atoms with Crippen molar-refractivity contribution in [1.29, 1.82) is 0 Å². The van der Waals surface area contributed by atoms with Gasteiger partial charge in [0.1, 0.15) is 0 Å². The van der Waals surface area contributed by atoms with Gasteiger partial charge in [-0.1, -0.05) is 12.2 Å². The summed E-state index contributed by atoms with van der Waals surface area (Å²) in [5, 5.41) is 3.61. The maximum absolute atomic E-state index is 5.78. The molecule has 1 N–H and O–H groups in total. The van der Waals surface area contributed by atoms with Gasteiger partial charge < -0.3 is 14.8 Å². The third-order valence-electron chi connectivity index (χ3n) is 4.04. The molecule has 0 aromatic rings. The van der Waals surface area contributed by atoms with E-state index in [9.17, 15) is 0 Å². The summed E-state index contributed by atoms with van der Waals surface area (Å²) in [5.74, 6) is 1.33. The third kappa shape index (κ3) is 1.92. The van der Waals surface area contributed by atoms with Crippen LogP contribution in [-0.4, -0.2) is 31.1 Å². The molecule has 4 unspecified atom stereocenters. The molecule has 0 aromatic carbocycles. The molecule has 0 spiro atoms. The Bertz CT molecular complexity index is 300. The van der Waals surface area contributed by atoms with E-state index in [1.54, 1.807) is 0 Å². The second-order valence-electron chi connectivity index (χ2n) is 5.70. The van der Waals surface area contributed by atoms with Crippen molar-refractivity contribution in [3.63, 3.8) is 0 Å². The van der Waals surface area contributed by atoms with Crippen LogP contribution in [0.25, 0.3) is 0 Å². The fourth-order valence-electron chi connectivity index (χ4n) is 3.09. The first-order valence-electron chi connectivity index (χ1n) is 6.36. The van der Waals surface area contributed by atoms with Crippen LogP contribution >= 0.6 is 0 Å². The molecule has 1 saturated carbocycles. The van der Waals surface area contributed by atoms with Crippen LogP contribution in [0.15, 0.2) is 12.2 Å². The fourth-order valence-corrected chi connectivity index (χ4v) is 3.09. The Hall–Kier alpha value is -0.380. The first kappa shape index (κ1) is 10.8. The van der Waals surface area contributed by atoms with Gasteiger partial charge in [0.05, 0.1) is 12.7 Å². The minimum Gasteiger partial charge on any atom is -0.348 e.